The highest BCUT2D eigenvalue weighted by molar-refractivity contribution is 5.59. The maximum Gasteiger partial charge on any atom is 0.329 e. The van der Waals surface area contributed by atoms with Crippen LogP contribution in [0.3, 0.4) is 0 Å². The van der Waals surface area contributed by atoms with Gasteiger partial charge in [0.05, 0.1) is 17.1 Å². The number of nitrogens with one attached hydrogen (secondary N) is 1. The molecule has 21 heavy (non-hydrogen) atoms. The van der Waals surface area contributed by atoms with Gasteiger partial charge in [0.2, 0.25) is 11.8 Å². The average molecular weight is 293 g/mol. The van der Waals surface area contributed by atoms with Crippen molar-refractivity contribution in [2.75, 3.05) is 29.9 Å². The molecule has 1 N–H and O–H groups in total. The quantitative estimate of drug-likeness (QED) is 0.650. The zero-order chi connectivity index (χ0) is 14.8. The molecule has 0 radical (unpaired) electrons. The van der Waals surface area contributed by atoms with Crippen LogP contribution in [0, 0.1) is 10.1 Å². The van der Waals surface area contributed by atoms with Crippen LogP contribution in [-0.2, 0) is 4.74 Å². The molecule has 2 aliphatic heterocycles. The Kier molecular flexibility index (Phi) is 3.87. The normalized spacial score (nSPS) is 24.1. The van der Waals surface area contributed by atoms with Crippen molar-refractivity contribution in [1.29, 1.82) is 0 Å². The van der Waals surface area contributed by atoms with E-state index in [9.17, 15) is 10.1 Å². The van der Waals surface area contributed by atoms with Crippen LogP contribution in [0.1, 0.15) is 26.2 Å². The molecule has 114 valence electrons. The Morgan fingerprint density at radius 3 is 2.81 bits per heavy atom. The number of anilines is 2. The highest BCUT2D eigenvalue weighted by Crippen LogP contribution is 2.33. The molecule has 1 aromatic heterocycles. The van der Waals surface area contributed by atoms with Crippen LogP contribution in [0.2, 0.25) is 0 Å². The SMILES string of the molecule is CCCNc1ncc([N+](=O)[O-])c(N2CC3CCC(C2)O3)n1. The first-order chi connectivity index (χ1) is 10.2. The van der Waals surface area contributed by atoms with Crippen LogP contribution in [0.5, 0.6) is 0 Å². The second-order valence-corrected chi connectivity index (χ2v) is 5.45. The zero-order valence-corrected chi connectivity index (χ0v) is 12.0. The van der Waals surface area contributed by atoms with Gasteiger partial charge in [0.15, 0.2) is 0 Å². The summed E-state index contributed by atoms with van der Waals surface area (Å²) in [5.74, 6) is 0.838. The molecule has 3 rings (SSSR count). The van der Waals surface area contributed by atoms with Crippen molar-refractivity contribution in [1.82, 2.24) is 9.97 Å². The topological polar surface area (TPSA) is 93.4 Å². The second kappa shape index (κ2) is 5.80. The van der Waals surface area contributed by atoms with Gasteiger partial charge in [-0.05, 0) is 19.3 Å². The van der Waals surface area contributed by atoms with Gasteiger partial charge in [0, 0.05) is 19.6 Å². The number of fused-ring (bicyclic) bond motifs is 2. The Balaban J connectivity index is 1.88. The molecule has 2 fully saturated rings. The molecule has 0 saturated carbocycles. The fraction of sp³-hybridized carbons (Fsp3) is 0.692. The summed E-state index contributed by atoms with van der Waals surface area (Å²) in [5, 5.41) is 14.3. The van der Waals surface area contributed by atoms with E-state index in [2.05, 4.69) is 15.3 Å². The highest BCUT2D eigenvalue weighted by atomic mass is 16.6. The highest BCUT2D eigenvalue weighted by Gasteiger charge is 2.36. The molecule has 8 nitrogen and oxygen atoms in total. The number of hydrogen-bond donors (Lipinski definition) is 1. The molecule has 1 aromatic rings. The summed E-state index contributed by atoms with van der Waals surface area (Å²) in [6.45, 7) is 4.09. The number of nitrogens with zero attached hydrogens (tertiary/aromatic N) is 4. The maximum atomic E-state index is 11.2. The third-order valence-electron chi connectivity index (χ3n) is 3.82. The largest absolute Gasteiger partial charge is 0.371 e. The minimum absolute atomic E-state index is 0.0432. The van der Waals surface area contributed by atoms with E-state index in [4.69, 9.17) is 4.74 Å². The predicted molar refractivity (Wildman–Crippen MR) is 77.6 cm³/mol. The van der Waals surface area contributed by atoms with E-state index in [1.807, 2.05) is 11.8 Å². The Labute approximate surface area is 122 Å². The fourth-order valence-electron chi connectivity index (χ4n) is 2.84. The van der Waals surface area contributed by atoms with E-state index in [0.717, 1.165) is 25.8 Å². The standard InChI is InChI=1S/C13H19N5O3/c1-2-5-14-13-15-6-11(18(19)20)12(16-13)17-7-9-3-4-10(8-17)21-9/h6,9-10H,2-5,7-8H2,1H3,(H,14,15,16). The lowest BCUT2D eigenvalue weighted by Crippen LogP contribution is -2.43. The molecule has 2 aliphatic rings. The van der Waals surface area contributed by atoms with Crippen LogP contribution in [0.15, 0.2) is 6.20 Å². The van der Waals surface area contributed by atoms with Crippen molar-refractivity contribution in [3.8, 4) is 0 Å². The summed E-state index contributed by atoms with van der Waals surface area (Å²) in [7, 11) is 0. The van der Waals surface area contributed by atoms with Crippen molar-refractivity contribution in [3.05, 3.63) is 16.3 Å². The molecule has 2 bridgehead atoms. The van der Waals surface area contributed by atoms with E-state index < -0.39 is 4.92 Å². The first kappa shape index (κ1) is 14.0. The van der Waals surface area contributed by atoms with E-state index >= 15 is 0 Å². The van der Waals surface area contributed by atoms with Crippen LogP contribution in [-0.4, -0.2) is 46.7 Å². The molecule has 2 saturated heterocycles. The number of rotatable bonds is 5. The Hall–Kier alpha value is -1.96. The van der Waals surface area contributed by atoms with E-state index in [0.29, 0.717) is 24.9 Å². The number of ether oxygens (including phenoxy) is 1. The summed E-state index contributed by atoms with van der Waals surface area (Å²) >= 11 is 0. The van der Waals surface area contributed by atoms with Gasteiger partial charge in [-0.15, -0.1) is 0 Å². The molecule has 0 amide bonds. The summed E-state index contributed by atoms with van der Waals surface area (Å²) < 4.78 is 5.77. The van der Waals surface area contributed by atoms with E-state index in [1.54, 1.807) is 0 Å². The van der Waals surface area contributed by atoms with Gasteiger partial charge in [0.25, 0.3) is 0 Å². The summed E-state index contributed by atoms with van der Waals surface area (Å²) in [6, 6.07) is 0. The molecular weight excluding hydrogens is 274 g/mol. The average Bonchev–Trinajstić information content (AvgIpc) is 2.83. The van der Waals surface area contributed by atoms with Crippen molar-refractivity contribution in [2.24, 2.45) is 0 Å². The number of morpholine rings is 1. The molecule has 3 heterocycles. The van der Waals surface area contributed by atoms with Crippen LogP contribution in [0.4, 0.5) is 17.5 Å². The van der Waals surface area contributed by atoms with Gasteiger partial charge in [-0.3, -0.25) is 10.1 Å². The molecule has 0 aromatic carbocycles. The van der Waals surface area contributed by atoms with Gasteiger partial charge >= 0.3 is 5.69 Å². The molecule has 2 atom stereocenters. The summed E-state index contributed by atoms with van der Waals surface area (Å²) in [5.41, 5.74) is -0.0432. The monoisotopic (exact) mass is 293 g/mol. The Morgan fingerprint density at radius 1 is 1.48 bits per heavy atom. The number of nitro groups is 1. The first-order valence-electron chi connectivity index (χ1n) is 7.33. The Bertz CT molecular complexity index is 527. The summed E-state index contributed by atoms with van der Waals surface area (Å²) in [6.07, 6.45) is 4.58. The summed E-state index contributed by atoms with van der Waals surface area (Å²) in [4.78, 5) is 21.1. The fourth-order valence-corrected chi connectivity index (χ4v) is 2.84. The van der Waals surface area contributed by atoms with Crippen LogP contribution in [0.25, 0.3) is 0 Å². The third kappa shape index (κ3) is 2.90. The van der Waals surface area contributed by atoms with Crippen LogP contribution >= 0.6 is 0 Å². The Morgan fingerprint density at radius 2 is 2.19 bits per heavy atom. The van der Waals surface area contributed by atoms with Gasteiger partial charge in [-0.1, -0.05) is 6.92 Å². The van der Waals surface area contributed by atoms with Gasteiger partial charge in [-0.25, -0.2) is 4.98 Å². The molecule has 2 unspecified atom stereocenters. The maximum absolute atomic E-state index is 11.2. The first-order valence-corrected chi connectivity index (χ1v) is 7.33. The van der Waals surface area contributed by atoms with E-state index in [1.165, 1.54) is 6.20 Å². The molecule has 0 aliphatic carbocycles. The minimum atomic E-state index is -0.420. The number of aromatic nitrogens is 2. The van der Waals surface area contributed by atoms with Crippen molar-refractivity contribution in [3.63, 3.8) is 0 Å². The van der Waals surface area contributed by atoms with E-state index in [-0.39, 0.29) is 17.9 Å². The predicted octanol–water partition coefficient (Wildman–Crippen LogP) is 1.57. The van der Waals surface area contributed by atoms with Crippen molar-refractivity contribution in [2.45, 2.75) is 38.4 Å². The lowest BCUT2D eigenvalue weighted by atomic mass is 10.2. The molecule has 8 heteroatoms. The molecular formula is C13H19N5O3. The minimum Gasteiger partial charge on any atom is -0.371 e. The van der Waals surface area contributed by atoms with Crippen LogP contribution < -0.4 is 10.2 Å². The lowest BCUT2D eigenvalue weighted by molar-refractivity contribution is -0.384. The molecule has 0 spiro atoms. The smallest absolute Gasteiger partial charge is 0.329 e. The third-order valence-corrected chi connectivity index (χ3v) is 3.82. The second-order valence-electron chi connectivity index (χ2n) is 5.45. The van der Waals surface area contributed by atoms with Crippen molar-refractivity contribution < 1.29 is 9.66 Å². The van der Waals surface area contributed by atoms with Gasteiger partial charge < -0.3 is 15.0 Å². The number of hydrogen-bond acceptors (Lipinski definition) is 7. The lowest BCUT2D eigenvalue weighted by Gasteiger charge is -2.32. The van der Waals surface area contributed by atoms with Gasteiger partial charge in [-0.2, -0.15) is 4.98 Å². The zero-order valence-electron chi connectivity index (χ0n) is 12.0. The van der Waals surface area contributed by atoms with Crippen molar-refractivity contribution >= 4 is 17.5 Å². The van der Waals surface area contributed by atoms with Gasteiger partial charge in [0.1, 0.15) is 6.20 Å².